The number of aryl methyl sites for hydroxylation is 2. The van der Waals surface area contributed by atoms with Crippen LogP contribution in [0.15, 0.2) is 18.2 Å². The van der Waals surface area contributed by atoms with Gasteiger partial charge in [0.25, 0.3) is 0 Å². The topological polar surface area (TPSA) is 29.3 Å². The number of piperidine rings is 1. The molecule has 2 aliphatic rings. The van der Waals surface area contributed by atoms with Gasteiger partial charge in [0.05, 0.1) is 0 Å². The Balaban J connectivity index is 2.01. The van der Waals surface area contributed by atoms with E-state index in [1.54, 1.807) is 0 Å². The fourth-order valence-corrected chi connectivity index (χ4v) is 3.21. The third kappa shape index (κ3) is 1.52. The average Bonchev–Trinajstić information content (AvgIpc) is 2.29. The Morgan fingerprint density at radius 2 is 2.19 bits per heavy atom. The third-order valence-electron chi connectivity index (χ3n) is 4.09. The van der Waals surface area contributed by atoms with Crippen LogP contribution in [0.5, 0.6) is 0 Å². The molecular formula is C14H20N2. The molecule has 0 bridgehead atoms. The summed E-state index contributed by atoms with van der Waals surface area (Å²) in [6, 6.07) is 7.81. The van der Waals surface area contributed by atoms with Gasteiger partial charge in [0.15, 0.2) is 0 Å². The molecule has 2 atom stereocenters. The number of rotatable bonds is 0. The summed E-state index contributed by atoms with van der Waals surface area (Å²) in [6.45, 7) is 3.36. The maximum absolute atomic E-state index is 6.24. The fraction of sp³-hybridized carbons (Fsp3) is 0.571. The quantitative estimate of drug-likeness (QED) is 0.720. The Kier molecular flexibility index (Phi) is 2.40. The first-order valence-electron chi connectivity index (χ1n) is 6.37. The summed E-state index contributed by atoms with van der Waals surface area (Å²) in [5, 5.41) is 0. The number of benzene rings is 1. The van der Waals surface area contributed by atoms with Crippen LogP contribution in [0.25, 0.3) is 0 Å². The molecule has 2 aliphatic heterocycles. The highest BCUT2D eigenvalue weighted by Crippen LogP contribution is 2.35. The van der Waals surface area contributed by atoms with Gasteiger partial charge in [0, 0.05) is 24.3 Å². The number of anilines is 1. The van der Waals surface area contributed by atoms with Gasteiger partial charge in [-0.05, 0) is 49.8 Å². The Morgan fingerprint density at radius 3 is 3.06 bits per heavy atom. The zero-order chi connectivity index (χ0) is 11.1. The van der Waals surface area contributed by atoms with Crippen molar-refractivity contribution in [2.24, 2.45) is 5.73 Å². The predicted octanol–water partition coefficient (Wildman–Crippen LogP) is 2.24. The Labute approximate surface area is 97.4 Å². The molecule has 86 valence electrons. The van der Waals surface area contributed by atoms with Crippen molar-refractivity contribution in [3.05, 3.63) is 29.3 Å². The molecule has 0 spiro atoms. The lowest BCUT2D eigenvalue weighted by molar-refractivity contribution is 0.372. The summed E-state index contributed by atoms with van der Waals surface area (Å²) >= 11 is 0. The molecule has 2 heteroatoms. The van der Waals surface area contributed by atoms with Gasteiger partial charge in [-0.25, -0.2) is 0 Å². The van der Waals surface area contributed by atoms with Gasteiger partial charge in [0.1, 0.15) is 0 Å². The highest BCUT2D eigenvalue weighted by molar-refractivity contribution is 5.58. The zero-order valence-electron chi connectivity index (χ0n) is 9.95. The van der Waals surface area contributed by atoms with Gasteiger partial charge in [-0.15, -0.1) is 0 Å². The van der Waals surface area contributed by atoms with Gasteiger partial charge in [-0.2, -0.15) is 0 Å². The van der Waals surface area contributed by atoms with Crippen LogP contribution in [-0.2, 0) is 6.42 Å². The van der Waals surface area contributed by atoms with Gasteiger partial charge in [0.2, 0.25) is 0 Å². The van der Waals surface area contributed by atoms with Crippen LogP contribution < -0.4 is 10.6 Å². The molecule has 1 saturated heterocycles. The van der Waals surface area contributed by atoms with Crippen LogP contribution in [0, 0.1) is 6.92 Å². The van der Waals surface area contributed by atoms with Crippen molar-refractivity contribution in [3.63, 3.8) is 0 Å². The van der Waals surface area contributed by atoms with E-state index in [0.717, 1.165) is 0 Å². The van der Waals surface area contributed by atoms with Gasteiger partial charge >= 0.3 is 0 Å². The Morgan fingerprint density at radius 1 is 1.31 bits per heavy atom. The lowest BCUT2D eigenvalue weighted by Gasteiger charge is -2.45. The minimum Gasteiger partial charge on any atom is -0.367 e. The molecule has 3 rings (SSSR count). The average molecular weight is 216 g/mol. The maximum atomic E-state index is 6.24. The molecule has 0 aliphatic carbocycles. The van der Waals surface area contributed by atoms with E-state index < -0.39 is 0 Å². The van der Waals surface area contributed by atoms with Crippen LogP contribution >= 0.6 is 0 Å². The van der Waals surface area contributed by atoms with Crippen LogP contribution in [0.4, 0.5) is 5.69 Å². The molecule has 1 fully saturated rings. The fourth-order valence-electron chi connectivity index (χ4n) is 3.21. The van der Waals surface area contributed by atoms with Crippen molar-refractivity contribution >= 4 is 5.69 Å². The minimum atomic E-state index is 0.377. The number of nitrogens with two attached hydrogens (primary N) is 1. The minimum absolute atomic E-state index is 0.377. The molecule has 0 saturated carbocycles. The summed E-state index contributed by atoms with van der Waals surface area (Å²) in [5.41, 5.74) is 10.6. The zero-order valence-corrected chi connectivity index (χ0v) is 9.95. The van der Waals surface area contributed by atoms with Crippen molar-refractivity contribution in [3.8, 4) is 0 Å². The lowest BCUT2D eigenvalue weighted by atomic mass is 9.86. The van der Waals surface area contributed by atoms with E-state index in [1.165, 1.54) is 49.0 Å². The van der Waals surface area contributed by atoms with Crippen molar-refractivity contribution < 1.29 is 0 Å². The van der Waals surface area contributed by atoms with Crippen molar-refractivity contribution in [2.45, 2.75) is 44.7 Å². The third-order valence-corrected chi connectivity index (χ3v) is 4.09. The van der Waals surface area contributed by atoms with Gasteiger partial charge < -0.3 is 10.6 Å². The molecule has 2 nitrogen and oxygen atoms in total. The van der Waals surface area contributed by atoms with E-state index in [1.807, 2.05) is 0 Å². The summed E-state index contributed by atoms with van der Waals surface area (Å²) in [6.07, 6.45) is 4.87. The molecule has 2 unspecified atom stereocenters. The monoisotopic (exact) mass is 216 g/mol. The molecule has 2 heterocycles. The second-order valence-electron chi connectivity index (χ2n) is 5.24. The van der Waals surface area contributed by atoms with Crippen LogP contribution in [0.2, 0.25) is 0 Å². The normalized spacial score (nSPS) is 28.5. The van der Waals surface area contributed by atoms with Gasteiger partial charge in [-0.3, -0.25) is 0 Å². The highest BCUT2D eigenvalue weighted by Gasteiger charge is 2.33. The van der Waals surface area contributed by atoms with E-state index in [2.05, 4.69) is 30.0 Å². The summed E-state index contributed by atoms with van der Waals surface area (Å²) < 4.78 is 0. The molecule has 0 amide bonds. The largest absolute Gasteiger partial charge is 0.367 e. The summed E-state index contributed by atoms with van der Waals surface area (Å²) in [4.78, 5) is 2.56. The van der Waals surface area contributed by atoms with Crippen molar-refractivity contribution in [1.82, 2.24) is 0 Å². The van der Waals surface area contributed by atoms with Gasteiger partial charge in [-0.1, -0.05) is 12.1 Å². The number of hydrogen-bond acceptors (Lipinski definition) is 2. The van der Waals surface area contributed by atoms with E-state index in [-0.39, 0.29) is 0 Å². The second kappa shape index (κ2) is 3.77. The number of nitrogens with zero attached hydrogens (tertiary/aromatic N) is 1. The molecule has 0 radical (unpaired) electrons. The van der Waals surface area contributed by atoms with E-state index in [0.29, 0.717) is 12.1 Å². The van der Waals surface area contributed by atoms with E-state index in [9.17, 15) is 0 Å². The first-order valence-corrected chi connectivity index (χ1v) is 6.37. The Hall–Kier alpha value is -1.02. The van der Waals surface area contributed by atoms with E-state index in [4.69, 9.17) is 5.73 Å². The summed E-state index contributed by atoms with van der Waals surface area (Å²) in [7, 11) is 0. The maximum Gasteiger partial charge on any atom is 0.0444 e. The molecule has 1 aromatic carbocycles. The van der Waals surface area contributed by atoms with Crippen LogP contribution in [-0.4, -0.2) is 18.6 Å². The molecular weight excluding hydrogens is 196 g/mol. The number of fused-ring (bicyclic) bond motifs is 3. The van der Waals surface area contributed by atoms with Crippen LogP contribution in [0.3, 0.4) is 0 Å². The second-order valence-corrected chi connectivity index (χ2v) is 5.24. The van der Waals surface area contributed by atoms with Crippen molar-refractivity contribution in [1.29, 1.82) is 0 Å². The predicted molar refractivity (Wildman–Crippen MR) is 67.8 cm³/mol. The molecule has 16 heavy (non-hydrogen) atoms. The van der Waals surface area contributed by atoms with Crippen molar-refractivity contribution in [2.75, 3.05) is 11.4 Å². The first kappa shape index (κ1) is 10.2. The molecule has 0 aromatic heterocycles. The standard InChI is InChI=1S/C14H20N2/c1-10-4-5-11-6-7-13-12(15)3-2-8-16(13)14(11)9-10/h4-5,9,12-13H,2-3,6-8,15H2,1H3. The first-order chi connectivity index (χ1) is 7.75. The SMILES string of the molecule is Cc1ccc2c(c1)N1CCCC(N)C1CC2. The smallest absolute Gasteiger partial charge is 0.0444 e. The van der Waals surface area contributed by atoms with Crippen LogP contribution in [0.1, 0.15) is 30.4 Å². The molecule has 2 N–H and O–H groups in total. The highest BCUT2D eigenvalue weighted by atomic mass is 15.2. The lowest BCUT2D eigenvalue weighted by Crippen LogP contribution is -2.54. The summed E-state index contributed by atoms with van der Waals surface area (Å²) in [5.74, 6) is 0. The van der Waals surface area contributed by atoms with E-state index >= 15 is 0 Å². The number of hydrogen-bond donors (Lipinski definition) is 1. The molecule has 1 aromatic rings. The Bertz CT molecular complexity index is 400.